The fourth-order valence-corrected chi connectivity index (χ4v) is 3.25. The number of carboxylic acid groups (broad SMARTS) is 1. The van der Waals surface area contributed by atoms with Gasteiger partial charge in [0.2, 0.25) is 0 Å². The lowest BCUT2D eigenvalue weighted by Crippen LogP contribution is -2.05. The number of carbonyl (C=O) groups is 1. The second-order valence-electron chi connectivity index (χ2n) is 6.20. The van der Waals surface area contributed by atoms with E-state index in [9.17, 15) is 14.3 Å². The first kappa shape index (κ1) is 16.8. The van der Waals surface area contributed by atoms with Gasteiger partial charge in [-0.1, -0.05) is 42.5 Å². The van der Waals surface area contributed by atoms with Crippen LogP contribution in [0.5, 0.6) is 0 Å². The zero-order valence-electron chi connectivity index (χ0n) is 14.5. The van der Waals surface area contributed by atoms with Gasteiger partial charge in [0.15, 0.2) is 5.65 Å². The molecule has 0 aliphatic heterocycles. The minimum Gasteiger partial charge on any atom is -0.478 e. The van der Waals surface area contributed by atoms with Gasteiger partial charge in [-0.15, -0.1) is 0 Å². The second kappa shape index (κ2) is 6.61. The van der Waals surface area contributed by atoms with Crippen LogP contribution in [0.15, 0.2) is 66.9 Å². The summed E-state index contributed by atoms with van der Waals surface area (Å²) >= 11 is 0. The number of carboxylic acids is 1. The summed E-state index contributed by atoms with van der Waals surface area (Å²) in [7, 11) is 0. The summed E-state index contributed by atoms with van der Waals surface area (Å²) < 4.78 is 14.0. The Hall–Kier alpha value is -3.60. The van der Waals surface area contributed by atoms with Gasteiger partial charge in [-0.05, 0) is 36.2 Å². The maximum absolute atomic E-state index is 14.0. The first-order chi connectivity index (χ1) is 13.1. The van der Waals surface area contributed by atoms with Gasteiger partial charge in [-0.3, -0.25) is 0 Å². The van der Waals surface area contributed by atoms with Crippen LogP contribution in [0.1, 0.15) is 15.9 Å². The molecule has 0 spiro atoms. The molecule has 132 valence electrons. The Balaban J connectivity index is 1.87. The third kappa shape index (κ3) is 2.93. The second-order valence-corrected chi connectivity index (χ2v) is 6.20. The minimum absolute atomic E-state index is 0.196. The first-order valence-corrected chi connectivity index (χ1v) is 8.40. The molecule has 4 nitrogen and oxygen atoms in total. The van der Waals surface area contributed by atoms with Gasteiger partial charge in [-0.2, -0.15) is 0 Å². The molecule has 2 aromatic heterocycles. The average molecular weight is 358 g/mol. The van der Waals surface area contributed by atoms with Crippen molar-refractivity contribution >= 4 is 17.0 Å². The molecule has 0 fully saturated rings. The molecule has 0 amide bonds. The zero-order valence-corrected chi connectivity index (χ0v) is 14.5. The van der Waals surface area contributed by atoms with Crippen molar-refractivity contribution in [3.05, 3.63) is 83.8 Å². The van der Waals surface area contributed by atoms with Crippen molar-refractivity contribution in [2.45, 2.75) is 6.92 Å². The number of hydrogen-bond donors (Lipinski definition) is 1. The van der Waals surface area contributed by atoms with Crippen molar-refractivity contribution in [3.8, 4) is 22.4 Å². The molecule has 0 atom stereocenters. The van der Waals surface area contributed by atoms with Crippen molar-refractivity contribution in [3.63, 3.8) is 0 Å². The van der Waals surface area contributed by atoms with Crippen LogP contribution in [0.4, 0.5) is 4.39 Å². The van der Waals surface area contributed by atoms with Crippen molar-refractivity contribution in [1.29, 1.82) is 0 Å². The van der Waals surface area contributed by atoms with Gasteiger partial charge in [0.05, 0.1) is 11.3 Å². The Morgan fingerprint density at radius 1 is 0.963 bits per heavy atom. The molecule has 4 aromatic rings. The van der Waals surface area contributed by atoms with Gasteiger partial charge in [0, 0.05) is 22.7 Å². The highest BCUT2D eigenvalue weighted by molar-refractivity contribution is 6.04. The Labute approximate surface area is 155 Å². The predicted octanol–water partition coefficient (Wildman–Crippen LogP) is 5.11. The van der Waals surface area contributed by atoms with Crippen LogP contribution >= 0.6 is 0 Å². The van der Waals surface area contributed by atoms with Crippen molar-refractivity contribution in [2.75, 3.05) is 0 Å². The zero-order chi connectivity index (χ0) is 19.0. The van der Waals surface area contributed by atoms with E-state index >= 15 is 0 Å². The SMILES string of the molecule is Cc1c(-c2ccc(-c3ccccc3F)cc2)nc2ncccc2c1C(=O)O. The number of pyridine rings is 2. The minimum atomic E-state index is -1.02. The molecule has 0 saturated heterocycles. The van der Waals surface area contributed by atoms with E-state index in [1.165, 1.54) is 6.07 Å². The number of fused-ring (bicyclic) bond motifs is 1. The topological polar surface area (TPSA) is 63.1 Å². The lowest BCUT2D eigenvalue weighted by molar-refractivity contribution is 0.0698. The van der Waals surface area contributed by atoms with Gasteiger partial charge < -0.3 is 5.11 Å². The highest BCUT2D eigenvalue weighted by Gasteiger charge is 2.18. The van der Waals surface area contributed by atoms with E-state index in [0.717, 1.165) is 11.1 Å². The standard InChI is InChI=1S/C22H15FN2O2/c1-13-19(22(26)27)17-6-4-12-24-21(17)25-20(13)15-10-8-14(9-11-15)16-5-2-3-7-18(16)23/h2-12H,1H3,(H,26,27). The highest BCUT2D eigenvalue weighted by atomic mass is 19.1. The van der Waals surface area contributed by atoms with Crippen molar-refractivity contribution < 1.29 is 14.3 Å². The molecular weight excluding hydrogens is 343 g/mol. The summed E-state index contributed by atoms with van der Waals surface area (Å²) in [6, 6.07) is 17.2. The number of hydrogen-bond acceptors (Lipinski definition) is 3. The fourth-order valence-electron chi connectivity index (χ4n) is 3.25. The molecule has 2 heterocycles. The van der Waals surface area contributed by atoms with Gasteiger partial charge in [0.25, 0.3) is 0 Å². The van der Waals surface area contributed by atoms with E-state index in [1.54, 1.807) is 55.6 Å². The van der Waals surface area contributed by atoms with Crippen LogP contribution in [-0.4, -0.2) is 21.0 Å². The molecule has 0 saturated carbocycles. The maximum Gasteiger partial charge on any atom is 0.336 e. The molecule has 5 heteroatoms. The van der Waals surface area contributed by atoms with Crippen LogP contribution in [0.3, 0.4) is 0 Å². The molecule has 4 rings (SSSR count). The molecule has 27 heavy (non-hydrogen) atoms. The number of nitrogens with zero attached hydrogens (tertiary/aromatic N) is 2. The van der Waals surface area contributed by atoms with Crippen LogP contribution in [0.2, 0.25) is 0 Å². The lowest BCUT2D eigenvalue weighted by atomic mass is 9.97. The molecular formula is C22H15FN2O2. The number of halogens is 1. The maximum atomic E-state index is 14.0. The summed E-state index contributed by atoms with van der Waals surface area (Å²) in [6.07, 6.45) is 1.58. The van der Waals surface area contributed by atoms with Crippen LogP contribution in [-0.2, 0) is 0 Å². The largest absolute Gasteiger partial charge is 0.478 e. The predicted molar refractivity (Wildman–Crippen MR) is 102 cm³/mol. The Morgan fingerprint density at radius 3 is 2.37 bits per heavy atom. The smallest absolute Gasteiger partial charge is 0.336 e. The normalized spacial score (nSPS) is 10.9. The summed E-state index contributed by atoms with van der Waals surface area (Å²) in [6.45, 7) is 1.74. The molecule has 0 radical (unpaired) electrons. The third-order valence-corrected chi connectivity index (χ3v) is 4.56. The molecule has 0 bridgehead atoms. The molecule has 0 aliphatic carbocycles. The van der Waals surface area contributed by atoms with Crippen LogP contribution < -0.4 is 0 Å². The van der Waals surface area contributed by atoms with Crippen LogP contribution in [0.25, 0.3) is 33.4 Å². The summed E-state index contributed by atoms with van der Waals surface area (Å²) in [5.41, 5.74) is 3.71. The number of rotatable bonds is 3. The number of aromatic carboxylic acids is 1. The van der Waals surface area contributed by atoms with E-state index in [0.29, 0.717) is 27.9 Å². The number of aromatic nitrogens is 2. The average Bonchev–Trinajstić information content (AvgIpc) is 2.68. The van der Waals surface area contributed by atoms with E-state index in [4.69, 9.17) is 0 Å². The summed E-state index contributed by atoms with van der Waals surface area (Å²) in [4.78, 5) is 20.6. The van der Waals surface area contributed by atoms with E-state index in [-0.39, 0.29) is 11.4 Å². The lowest BCUT2D eigenvalue weighted by Gasteiger charge is -2.12. The Bertz CT molecular complexity index is 1170. The van der Waals surface area contributed by atoms with Crippen LogP contribution in [0, 0.1) is 12.7 Å². The van der Waals surface area contributed by atoms with E-state index < -0.39 is 5.97 Å². The monoisotopic (exact) mass is 358 g/mol. The van der Waals surface area contributed by atoms with Gasteiger partial charge >= 0.3 is 5.97 Å². The molecule has 0 aliphatic rings. The van der Waals surface area contributed by atoms with Crippen molar-refractivity contribution in [1.82, 2.24) is 9.97 Å². The molecule has 2 aromatic carbocycles. The fraction of sp³-hybridized carbons (Fsp3) is 0.0455. The van der Waals surface area contributed by atoms with E-state index in [2.05, 4.69) is 9.97 Å². The van der Waals surface area contributed by atoms with Crippen molar-refractivity contribution in [2.24, 2.45) is 0 Å². The third-order valence-electron chi connectivity index (χ3n) is 4.56. The highest BCUT2D eigenvalue weighted by Crippen LogP contribution is 2.31. The summed E-state index contributed by atoms with van der Waals surface area (Å²) in [5, 5.41) is 10.2. The molecule has 1 N–H and O–H groups in total. The molecule has 0 unspecified atom stereocenters. The Kier molecular flexibility index (Phi) is 4.12. The van der Waals surface area contributed by atoms with Gasteiger partial charge in [-0.25, -0.2) is 19.2 Å². The summed E-state index contributed by atoms with van der Waals surface area (Å²) in [5.74, 6) is -1.31. The Morgan fingerprint density at radius 2 is 1.67 bits per heavy atom. The van der Waals surface area contributed by atoms with Gasteiger partial charge in [0.1, 0.15) is 5.82 Å². The quantitative estimate of drug-likeness (QED) is 0.553. The van der Waals surface area contributed by atoms with E-state index in [1.807, 2.05) is 12.1 Å². The first-order valence-electron chi connectivity index (χ1n) is 8.40. The number of benzene rings is 2.